The van der Waals surface area contributed by atoms with E-state index in [1.54, 1.807) is 11.8 Å². The number of hydrogen-bond donors (Lipinski definition) is 2. The number of imidazole rings is 1. The molecule has 0 bridgehead atoms. The van der Waals surface area contributed by atoms with Gasteiger partial charge in [0.15, 0.2) is 0 Å². The molecule has 1 amide bonds. The summed E-state index contributed by atoms with van der Waals surface area (Å²) in [5.41, 5.74) is 5.70. The second kappa shape index (κ2) is 6.92. The lowest BCUT2D eigenvalue weighted by Gasteiger charge is -2.10. The number of aryl methyl sites for hydroxylation is 2. The minimum absolute atomic E-state index is 0.0332. The summed E-state index contributed by atoms with van der Waals surface area (Å²) in [7, 11) is 0. The minimum Gasteiger partial charge on any atom is -0.341 e. The fraction of sp³-hybridized carbons (Fsp3) is 0.300. The summed E-state index contributed by atoms with van der Waals surface area (Å²) in [5.74, 6) is 1.36. The van der Waals surface area contributed by atoms with Crippen molar-refractivity contribution >= 4 is 34.4 Å². The molecule has 4 rings (SSSR count). The monoisotopic (exact) mass is 351 g/mol. The minimum atomic E-state index is 0.0332. The van der Waals surface area contributed by atoms with E-state index in [0.29, 0.717) is 5.75 Å². The van der Waals surface area contributed by atoms with Crippen LogP contribution in [0, 0.1) is 0 Å². The van der Waals surface area contributed by atoms with Gasteiger partial charge in [-0.25, -0.2) is 4.98 Å². The van der Waals surface area contributed by atoms with Crippen molar-refractivity contribution in [2.45, 2.75) is 31.4 Å². The smallest absolute Gasteiger partial charge is 0.234 e. The van der Waals surface area contributed by atoms with Gasteiger partial charge in [0.25, 0.3) is 0 Å². The average molecular weight is 351 g/mol. The third-order valence-electron chi connectivity index (χ3n) is 4.64. The number of nitrogens with one attached hydrogen (secondary N) is 2. The highest BCUT2D eigenvalue weighted by atomic mass is 32.2. The Morgan fingerprint density at radius 3 is 2.96 bits per heavy atom. The van der Waals surface area contributed by atoms with Crippen LogP contribution in [0.4, 0.5) is 5.69 Å². The van der Waals surface area contributed by atoms with Gasteiger partial charge in [-0.15, -0.1) is 11.8 Å². The van der Waals surface area contributed by atoms with E-state index in [9.17, 15) is 4.79 Å². The Morgan fingerprint density at radius 2 is 2.08 bits per heavy atom. The van der Waals surface area contributed by atoms with Crippen molar-refractivity contribution in [1.29, 1.82) is 0 Å². The predicted octanol–water partition coefficient (Wildman–Crippen LogP) is 4.48. The van der Waals surface area contributed by atoms with Crippen molar-refractivity contribution in [2.24, 2.45) is 0 Å². The van der Waals surface area contributed by atoms with Crippen LogP contribution in [0.15, 0.2) is 42.5 Å². The quantitative estimate of drug-likeness (QED) is 0.712. The van der Waals surface area contributed by atoms with Crippen molar-refractivity contribution in [3.05, 3.63) is 59.4 Å². The molecule has 1 aliphatic carbocycles. The van der Waals surface area contributed by atoms with E-state index < -0.39 is 0 Å². The molecule has 0 unspecified atom stereocenters. The SMILES string of the molecule is C[C@H](SCC(=O)Nc1ccc2c(c1)CCC2)c1nc2ccccc2[nH]1. The fourth-order valence-electron chi connectivity index (χ4n) is 3.29. The summed E-state index contributed by atoms with van der Waals surface area (Å²) in [6.45, 7) is 2.07. The zero-order chi connectivity index (χ0) is 17.2. The van der Waals surface area contributed by atoms with Crippen molar-refractivity contribution in [1.82, 2.24) is 9.97 Å². The Kier molecular flexibility index (Phi) is 4.49. The molecule has 0 fully saturated rings. The average Bonchev–Trinajstić information content (AvgIpc) is 3.25. The standard InChI is InChI=1S/C20H21N3OS/c1-13(20-22-17-7-2-3-8-18(17)23-20)25-12-19(24)21-16-10-9-14-5-4-6-15(14)11-16/h2-3,7-11,13H,4-6,12H2,1H3,(H,21,24)(H,22,23)/t13-/m0/s1. The molecule has 5 heteroatoms. The number of hydrogen-bond acceptors (Lipinski definition) is 3. The molecular weight excluding hydrogens is 330 g/mol. The van der Waals surface area contributed by atoms with Crippen LogP contribution in [0.3, 0.4) is 0 Å². The highest BCUT2D eigenvalue weighted by Crippen LogP contribution is 2.28. The largest absolute Gasteiger partial charge is 0.341 e. The highest BCUT2D eigenvalue weighted by Gasteiger charge is 2.15. The molecule has 0 radical (unpaired) electrons. The summed E-state index contributed by atoms with van der Waals surface area (Å²) < 4.78 is 0. The van der Waals surface area contributed by atoms with Crippen LogP contribution in [-0.2, 0) is 17.6 Å². The number of fused-ring (bicyclic) bond motifs is 2. The van der Waals surface area contributed by atoms with Crippen molar-refractivity contribution in [2.75, 3.05) is 11.1 Å². The topological polar surface area (TPSA) is 57.8 Å². The van der Waals surface area contributed by atoms with Crippen LogP contribution in [0.25, 0.3) is 11.0 Å². The number of rotatable bonds is 5. The molecule has 1 aromatic heterocycles. The first-order valence-corrected chi connectivity index (χ1v) is 9.72. The number of anilines is 1. The van der Waals surface area contributed by atoms with Crippen LogP contribution in [0.5, 0.6) is 0 Å². The molecule has 2 N–H and O–H groups in total. The normalized spacial score (nSPS) is 14.4. The molecule has 1 atom stereocenters. The Hall–Kier alpha value is -2.27. The van der Waals surface area contributed by atoms with E-state index in [4.69, 9.17) is 0 Å². The molecule has 1 heterocycles. The van der Waals surface area contributed by atoms with Crippen molar-refractivity contribution in [3.63, 3.8) is 0 Å². The molecule has 3 aromatic rings. The molecule has 0 saturated heterocycles. The van der Waals surface area contributed by atoms with Crippen LogP contribution >= 0.6 is 11.8 Å². The van der Waals surface area contributed by atoms with Gasteiger partial charge in [-0.05, 0) is 61.6 Å². The molecule has 4 nitrogen and oxygen atoms in total. The number of carbonyl (C=O) groups excluding carboxylic acids is 1. The third-order valence-corrected chi connectivity index (χ3v) is 5.79. The van der Waals surface area contributed by atoms with Crippen molar-refractivity contribution in [3.8, 4) is 0 Å². The number of thioether (sulfide) groups is 1. The van der Waals surface area contributed by atoms with Gasteiger partial charge >= 0.3 is 0 Å². The molecule has 25 heavy (non-hydrogen) atoms. The van der Waals surface area contributed by atoms with Crippen LogP contribution in [-0.4, -0.2) is 21.6 Å². The molecule has 2 aromatic carbocycles. The number of aromatic amines is 1. The summed E-state index contributed by atoms with van der Waals surface area (Å²) in [5, 5.41) is 3.15. The molecule has 128 valence electrons. The maximum atomic E-state index is 12.3. The number of benzene rings is 2. The fourth-order valence-corrected chi connectivity index (χ4v) is 4.03. The van der Waals surface area contributed by atoms with E-state index in [-0.39, 0.29) is 11.2 Å². The van der Waals surface area contributed by atoms with E-state index >= 15 is 0 Å². The highest BCUT2D eigenvalue weighted by molar-refractivity contribution is 8.00. The van der Waals surface area contributed by atoms with Gasteiger partial charge in [-0.3, -0.25) is 4.79 Å². The van der Waals surface area contributed by atoms with E-state index in [1.165, 1.54) is 17.5 Å². The second-order valence-corrected chi connectivity index (χ2v) is 7.81. The van der Waals surface area contributed by atoms with Gasteiger partial charge < -0.3 is 10.3 Å². The first-order chi connectivity index (χ1) is 12.2. The first-order valence-electron chi connectivity index (χ1n) is 8.67. The van der Waals surface area contributed by atoms with Crippen LogP contribution in [0.1, 0.15) is 35.5 Å². The van der Waals surface area contributed by atoms with Crippen molar-refractivity contribution < 1.29 is 4.79 Å². The number of carbonyl (C=O) groups is 1. The van der Waals surface area contributed by atoms with Crippen LogP contribution < -0.4 is 5.32 Å². The number of para-hydroxylation sites is 2. The summed E-state index contributed by atoms with van der Waals surface area (Å²) in [6, 6.07) is 14.3. The Morgan fingerprint density at radius 1 is 1.24 bits per heavy atom. The number of aromatic nitrogens is 2. The van der Waals surface area contributed by atoms with Gasteiger partial charge in [-0.2, -0.15) is 0 Å². The predicted molar refractivity (Wildman–Crippen MR) is 104 cm³/mol. The lowest BCUT2D eigenvalue weighted by molar-refractivity contribution is -0.113. The summed E-state index contributed by atoms with van der Waals surface area (Å²) >= 11 is 1.59. The Labute approximate surface area is 151 Å². The first kappa shape index (κ1) is 16.2. The second-order valence-electron chi connectivity index (χ2n) is 6.48. The number of nitrogens with zero attached hydrogens (tertiary/aromatic N) is 1. The van der Waals surface area contributed by atoms with Gasteiger partial charge in [-0.1, -0.05) is 18.2 Å². The maximum Gasteiger partial charge on any atom is 0.234 e. The number of H-pyrrole nitrogens is 1. The van der Waals surface area contributed by atoms with E-state index in [2.05, 4.69) is 34.3 Å². The molecule has 0 spiro atoms. The maximum absolute atomic E-state index is 12.3. The molecule has 0 saturated carbocycles. The zero-order valence-corrected chi connectivity index (χ0v) is 15.0. The van der Waals surface area contributed by atoms with Gasteiger partial charge in [0.05, 0.1) is 22.0 Å². The van der Waals surface area contributed by atoms with Gasteiger partial charge in [0, 0.05) is 5.69 Å². The van der Waals surface area contributed by atoms with E-state index in [0.717, 1.165) is 35.4 Å². The van der Waals surface area contributed by atoms with Crippen LogP contribution in [0.2, 0.25) is 0 Å². The molecule has 0 aliphatic heterocycles. The zero-order valence-electron chi connectivity index (χ0n) is 14.2. The summed E-state index contributed by atoms with van der Waals surface area (Å²) in [6.07, 6.45) is 3.50. The molecule has 1 aliphatic rings. The lowest BCUT2D eigenvalue weighted by atomic mass is 10.1. The van der Waals surface area contributed by atoms with Gasteiger partial charge in [0.1, 0.15) is 5.82 Å². The Balaban J connectivity index is 1.35. The number of amides is 1. The summed E-state index contributed by atoms with van der Waals surface area (Å²) in [4.78, 5) is 20.2. The molecular formula is C20H21N3OS. The third kappa shape index (κ3) is 3.56. The lowest BCUT2D eigenvalue weighted by Crippen LogP contribution is -2.15. The van der Waals surface area contributed by atoms with Gasteiger partial charge in [0.2, 0.25) is 5.91 Å². The van der Waals surface area contributed by atoms with E-state index in [1.807, 2.05) is 30.3 Å². The Bertz CT molecular complexity index is 885.